The molecule has 2 aromatic rings. The summed E-state index contributed by atoms with van der Waals surface area (Å²) < 4.78 is 0. The molecule has 0 saturated heterocycles. The lowest BCUT2D eigenvalue weighted by Crippen LogP contribution is -2.33. The van der Waals surface area contributed by atoms with Crippen LogP contribution in [0.25, 0.3) is 0 Å². The Morgan fingerprint density at radius 2 is 1.72 bits per heavy atom. The summed E-state index contributed by atoms with van der Waals surface area (Å²) in [5, 5.41) is 3.49. The van der Waals surface area contributed by atoms with Crippen molar-refractivity contribution < 1.29 is 0 Å². The highest BCUT2D eigenvalue weighted by Crippen LogP contribution is 2.29. The van der Waals surface area contributed by atoms with E-state index in [-0.39, 0.29) is 0 Å². The van der Waals surface area contributed by atoms with E-state index in [0.717, 1.165) is 18.4 Å². The van der Waals surface area contributed by atoms with Gasteiger partial charge in [0.1, 0.15) is 0 Å². The Kier molecular flexibility index (Phi) is 5.26. The molecule has 1 N–H and O–H groups in total. The van der Waals surface area contributed by atoms with Crippen LogP contribution in [-0.2, 0) is 13.0 Å². The van der Waals surface area contributed by atoms with E-state index < -0.39 is 0 Å². The number of benzene rings is 1. The van der Waals surface area contributed by atoms with E-state index >= 15 is 0 Å². The molecule has 0 spiro atoms. The van der Waals surface area contributed by atoms with Gasteiger partial charge in [-0.2, -0.15) is 0 Å². The minimum atomic E-state index is 0.542. The average molecular weight is 336 g/mol. The molecule has 1 aromatic carbocycles. The summed E-state index contributed by atoms with van der Waals surface area (Å²) in [5.74, 6) is 1.66. The first kappa shape index (κ1) is 16.5. The molecule has 2 aliphatic rings. The van der Waals surface area contributed by atoms with Crippen LogP contribution in [0.4, 0.5) is 5.95 Å². The minimum absolute atomic E-state index is 0.542. The first-order chi connectivity index (χ1) is 12.4. The van der Waals surface area contributed by atoms with Crippen molar-refractivity contribution in [3.63, 3.8) is 0 Å². The fraction of sp³-hybridized carbons (Fsp3) is 0.524. The Hall–Kier alpha value is -1.94. The standard InChI is InChI=1S/C21H28N4/c1-2-5-19-16-25(15-11-18(19)4-1)14-10-17-6-8-20(9-7-17)24-21-22-12-3-13-23-21/h1-5,12-13,17,20H,6-11,14-16H2,(H,22,23,24)/t17-,20-. The van der Waals surface area contributed by atoms with Crippen molar-refractivity contribution in [2.75, 3.05) is 18.4 Å². The first-order valence-electron chi connectivity index (χ1n) is 9.69. The molecule has 2 heterocycles. The van der Waals surface area contributed by atoms with Gasteiger partial charge in [0.05, 0.1) is 0 Å². The second-order valence-electron chi connectivity index (χ2n) is 7.52. The highest BCUT2D eigenvalue weighted by atomic mass is 15.1. The van der Waals surface area contributed by atoms with Crippen LogP contribution in [0.15, 0.2) is 42.7 Å². The molecule has 1 fully saturated rings. The molecule has 1 aromatic heterocycles. The number of rotatable bonds is 5. The molecular weight excluding hydrogens is 308 g/mol. The molecule has 0 radical (unpaired) electrons. The van der Waals surface area contributed by atoms with Gasteiger partial charge in [0.25, 0.3) is 0 Å². The predicted octanol–water partition coefficient (Wildman–Crippen LogP) is 3.90. The van der Waals surface area contributed by atoms with Gasteiger partial charge in [-0.1, -0.05) is 24.3 Å². The molecule has 0 amide bonds. The third kappa shape index (κ3) is 4.37. The van der Waals surface area contributed by atoms with Gasteiger partial charge >= 0.3 is 0 Å². The zero-order valence-corrected chi connectivity index (χ0v) is 14.9. The summed E-state index contributed by atoms with van der Waals surface area (Å²) >= 11 is 0. The van der Waals surface area contributed by atoms with Crippen LogP contribution in [0.2, 0.25) is 0 Å². The third-order valence-electron chi connectivity index (χ3n) is 5.81. The molecule has 4 nitrogen and oxygen atoms in total. The maximum Gasteiger partial charge on any atom is 0.222 e. The number of anilines is 1. The second-order valence-corrected chi connectivity index (χ2v) is 7.52. The van der Waals surface area contributed by atoms with Gasteiger partial charge in [-0.25, -0.2) is 9.97 Å². The number of hydrogen-bond donors (Lipinski definition) is 1. The molecule has 132 valence electrons. The fourth-order valence-corrected chi connectivity index (χ4v) is 4.26. The van der Waals surface area contributed by atoms with Gasteiger partial charge in [0.2, 0.25) is 5.95 Å². The monoisotopic (exact) mass is 336 g/mol. The zero-order valence-electron chi connectivity index (χ0n) is 14.9. The van der Waals surface area contributed by atoms with Crippen molar-refractivity contribution in [2.24, 2.45) is 5.92 Å². The number of aromatic nitrogens is 2. The van der Waals surface area contributed by atoms with Crippen LogP contribution in [-0.4, -0.2) is 34.0 Å². The van der Waals surface area contributed by atoms with E-state index in [1.807, 2.05) is 6.07 Å². The number of nitrogens with one attached hydrogen (secondary N) is 1. The topological polar surface area (TPSA) is 41.1 Å². The Bertz CT molecular complexity index is 665. The molecule has 1 aliphatic carbocycles. The van der Waals surface area contributed by atoms with Gasteiger partial charge < -0.3 is 5.32 Å². The van der Waals surface area contributed by atoms with Gasteiger partial charge in [-0.05, 0) is 68.2 Å². The van der Waals surface area contributed by atoms with E-state index in [4.69, 9.17) is 0 Å². The van der Waals surface area contributed by atoms with Crippen molar-refractivity contribution in [3.05, 3.63) is 53.9 Å². The van der Waals surface area contributed by atoms with Crippen LogP contribution in [0, 0.1) is 5.92 Å². The van der Waals surface area contributed by atoms with Crippen molar-refractivity contribution in [3.8, 4) is 0 Å². The molecule has 0 bridgehead atoms. The van der Waals surface area contributed by atoms with Crippen molar-refractivity contribution in [1.82, 2.24) is 14.9 Å². The molecule has 4 rings (SSSR count). The highest BCUT2D eigenvalue weighted by molar-refractivity contribution is 5.29. The normalized spacial score (nSPS) is 23.8. The largest absolute Gasteiger partial charge is 0.351 e. The Morgan fingerprint density at radius 1 is 0.960 bits per heavy atom. The smallest absolute Gasteiger partial charge is 0.222 e. The van der Waals surface area contributed by atoms with E-state index in [2.05, 4.69) is 44.5 Å². The summed E-state index contributed by atoms with van der Waals surface area (Å²) in [6.07, 6.45) is 11.3. The van der Waals surface area contributed by atoms with Crippen molar-refractivity contribution in [1.29, 1.82) is 0 Å². The summed E-state index contributed by atoms with van der Waals surface area (Å²) in [7, 11) is 0. The SMILES string of the molecule is c1cnc(N[C@H]2CC[C@H](CCN3CCc4ccccc4C3)CC2)nc1. The molecule has 0 atom stereocenters. The summed E-state index contributed by atoms with van der Waals surface area (Å²) in [5.41, 5.74) is 3.08. The highest BCUT2D eigenvalue weighted by Gasteiger charge is 2.23. The van der Waals surface area contributed by atoms with Gasteiger partial charge in [-0.3, -0.25) is 4.90 Å². The molecular formula is C21H28N4. The predicted molar refractivity (Wildman–Crippen MR) is 101 cm³/mol. The third-order valence-corrected chi connectivity index (χ3v) is 5.81. The van der Waals surface area contributed by atoms with E-state index in [1.165, 1.54) is 57.2 Å². The van der Waals surface area contributed by atoms with Crippen LogP contribution >= 0.6 is 0 Å². The van der Waals surface area contributed by atoms with Gasteiger partial charge in [0.15, 0.2) is 0 Å². The molecule has 1 aliphatic heterocycles. The zero-order chi connectivity index (χ0) is 16.9. The lowest BCUT2D eigenvalue weighted by Gasteiger charge is -2.32. The molecule has 1 saturated carbocycles. The summed E-state index contributed by atoms with van der Waals surface area (Å²) in [4.78, 5) is 11.2. The van der Waals surface area contributed by atoms with E-state index in [9.17, 15) is 0 Å². The maximum absolute atomic E-state index is 4.28. The quantitative estimate of drug-likeness (QED) is 0.899. The average Bonchev–Trinajstić information content (AvgIpc) is 2.68. The summed E-state index contributed by atoms with van der Waals surface area (Å²) in [6, 6.07) is 11.3. The van der Waals surface area contributed by atoms with Gasteiger partial charge in [0, 0.05) is 31.5 Å². The van der Waals surface area contributed by atoms with Crippen molar-refractivity contribution >= 4 is 5.95 Å². The van der Waals surface area contributed by atoms with Crippen LogP contribution in [0.3, 0.4) is 0 Å². The Morgan fingerprint density at radius 3 is 2.52 bits per heavy atom. The number of nitrogens with zero attached hydrogens (tertiary/aromatic N) is 3. The van der Waals surface area contributed by atoms with Gasteiger partial charge in [-0.15, -0.1) is 0 Å². The van der Waals surface area contributed by atoms with E-state index in [1.54, 1.807) is 18.0 Å². The van der Waals surface area contributed by atoms with Crippen LogP contribution < -0.4 is 5.32 Å². The lowest BCUT2D eigenvalue weighted by atomic mass is 9.84. The minimum Gasteiger partial charge on any atom is -0.351 e. The van der Waals surface area contributed by atoms with Crippen LogP contribution in [0.1, 0.15) is 43.2 Å². The first-order valence-corrected chi connectivity index (χ1v) is 9.69. The fourth-order valence-electron chi connectivity index (χ4n) is 4.26. The van der Waals surface area contributed by atoms with Crippen LogP contribution in [0.5, 0.6) is 0 Å². The Labute approximate surface area is 150 Å². The molecule has 0 unspecified atom stereocenters. The molecule has 4 heteroatoms. The second kappa shape index (κ2) is 7.96. The Balaban J connectivity index is 1.19. The number of fused-ring (bicyclic) bond motifs is 1. The number of hydrogen-bond acceptors (Lipinski definition) is 4. The van der Waals surface area contributed by atoms with Crippen molar-refractivity contribution in [2.45, 2.75) is 51.1 Å². The van der Waals surface area contributed by atoms with E-state index in [0.29, 0.717) is 6.04 Å². The molecule has 25 heavy (non-hydrogen) atoms. The maximum atomic E-state index is 4.28. The summed E-state index contributed by atoms with van der Waals surface area (Å²) in [6.45, 7) is 3.61. The lowest BCUT2D eigenvalue weighted by molar-refractivity contribution is 0.214.